The highest BCUT2D eigenvalue weighted by atomic mass is 16.5. The standard InChI is InChI=1S/C14H18N2O/c1-3-15-8-9-17-14-11(2)10-12-6-4-5-7-13(12)16-14/h4-7,10,15H,3,8-9H2,1-2H3. The Kier molecular flexibility index (Phi) is 3.94. The summed E-state index contributed by atoms with van der Waals surface area (Å²) in [5, 5.41) is 4.38. The van der Waals surface area contributed by atoms with E-state index in [4.69, 9.17) is 4.74 Å². The van der Waals surface area contributed by atoms with E-state index in [9.17, 15) is 0 Å². The summed E-state index contributed by atoms with van der Waals surface area (Å²) in [6, 6.07) is 10.2. The molecule has 0 radical (unpaired) electrons. The molecule has 0 aliphatic rings. The SMILES string of the molecule is CCNCCOc1nc2ccccc2cc1C. The van der Waals surface area contributed by atoms with Crippen molar-refractivity contribution < 1.29 is 4.74 Å². The fraction of sp³-hybridized carbons (Fsp3) is 0.357. The average Bonchev–Trinajstić information content (AvgIpc) is 2.35. The van der Waals surface area contributed by atoms with Gasteiger partial charge >= 0.3 is 0 Å². The number of para-hydroxylation sites is 1. The minimum atomic E-state index is 0.653. The number of nitrogens with zero attached hydrogens (tertiary/aromatic N) is 1. The molecule has 0 atom stereocenters. The van der Waals surface area contributed by atoms with E-state index in [1.807, 2.05) is 25.1 Å². The van der Waals surface area contributed by atoms with E-state index in [1.54, 1.807) is 0 Å². The highest BCUT2D eigenvalue weighted by Gasteiger charge is 2.03. The number of hydrogen-bond donors (Lipinski definition) is 1. The second-order valence-electron chi connectivity index (χ2n) is 4.01. The van der Waals surface area contributed by atoms with Gasteiger partial charge in [-0.15, -0.1) is 0 Å². The Hall–Kier alpha value is -1.61. The van der Waals surface area contributed by atoms with E-state index in [0.29, 0.717) is 6.61 Å². The van der Waals surface area contributed by atoms with Crippen molar-refractivity contribution in [2.24, 2.45) is 0 Å². The molecule has 0 amide bonds. The third kappa shape index (κ3) is 2.94. The number of aromatic nitrogens is 1. The number of aryl methyl sites for hydroxylation is 1. The Labute approximate surface area is 102 Å². The first-order chi connectivity index (χ1) is 8.31. The Morgan fingerprint density at radius 2 is 2.12 bits per heavy atom. The van der Waals surface area contributed by atoms with Crippen molar-refractivity contribution in [3.63, 3.8) is 0 Å². The van der Waals surface area contributed by atoms with Gasteiger partial charge in [0.15, 0.2) is 0 Å². The zero-order chi connectivity index (χ0) is 12.1. The number of benzene rings is 1. The Balaban J connectivity index is 2.14. The first kappa shape index (κ1) is 11.9. The maximum absolute atomic E-state index is 5.67. The topological polar surface area (TPSA) is 34.1 Å². The van der Waals surface area contributed by atoms with Gasteiger partial charge in [-0.2, -0.15) is 0 Å². The molecule has 0 aliphatic heterocycles. The van der Waals surface area contributed by atoms with Crippen LogP contribution in [0.3, 0.4) is 0 Å². The minimum Gasteiger partial charge on any atom is -0.476 e. The maximum Gasteiger partial charge on any atom is 0.216 e. The lowest BCUT2D eigenvalue weighted by molar-refractivity contribution is 0.302. The van der Waals surface area contributed by atoms with Crippen molar-refractivity contribution in [2.75, 3.05) is 19.7 Å². The number of rotatable bonds is 5. The molecule has 0 fully saturated rings. The predicted molar refractivity (Wildman–Crippen MR) is 70.5 cm³/mol. The highest BCUT2D eigenvalue weighted by molar-refractivity contribution is 5.79. The monoisotopic (exact) mass is 230 g/mol. The molecule has 0 saturated heterocycles. The molecule has 2 aromatic rings. The third-order valence-corrected chi connectivity index (χ3v) is 2.64. The average molecular weight is 230 g/mol. The molecular formula is C14H18N2O. The summed E-state index contributed by atoms with van der Waals surface area (Å²) < 4.78 is 5.67. The highest BCUT2D eigenvalue weighted by Crippen LogP contribution is 2.20. The van der Waals surface area contributed by atoms with Gasteiger partial charge in [0.1, 0.15) is 6.61 Å². The summed E-state index contributed by atoms with van der Waals surface area (Å²) in [6.45, 7) is 6.58. The lowest BCUT2D eigenvalue weighted by Gasteiger charge is -2.09. The van der Waals surface area contributed by atoms with Gasteiger partial charge in [0, 0.05) is 17.5 Å². The maximum atomic E-state index is 5.67. The van der Waals surface area contributed by atoms with Gasteiger partial charge in [0.05, 0.1) is 5.52 Å². The van der Waals surface area contributed by atoms with Gasteiger partial charge in [0.2, 0.25) is 5.88 Å². The van der Waals surface area contributed by atoms with Crippen LogP contribution in [0.1, 0.15) is 12.5 Å². The Bertz CT molecular complexity index is 497. The van der Waals surface area contributed by atoms with Crippen LogP contribution in [0, 0.1) is 6.92 Å². The molecule has 0 bridgehead atoms. The molecule has 17 heavy (non-hydrogen) atoms. The van der Waals surface area contributed by atoms with Crippen LogP contribution in [-0.2, 0) is 0 Å². The lowest BCUT2D eigenvalue weighted by atomic mass is 10.2. The normalized spacial score (nSPS) is 10.7. The summed E-state index contributed by atoms with van der Waals surface area (Å²) in [7, 11) is 0. The second-order valence-corrected chi connectivity index (χ2v) is 4.01. The molecule has 1 aromatic heterocycles. The first-order valence-corrected chi connectivity index (χ1v) is 6.01. The van der Waals surface area contributed by atoms with Crippen LogP contribution in [0.4, 0.5) is 0 Å². The third-order valence-electron chi connectivity index (χ3n) is 2.64. The number of ether oxygens (including phenoxy) is 1. The van der Waals surface area contributed by atoms with Gasteiger partial charge in [-0.1, -0.05) is 25.1 Å². The van der Waals surface area contributed by atoms with Crippen molar-refractivity contribution >= 4 is 10.9 Å². The Morgan fingerprint density at radius 1 is 1.29 bits per heavy atom. The van der Waals surface area contributed by atoms with E-state index >= 15 is 0 Å². The number of pyridine rings is 1. The van der Waals surface area contributed by atoms with E-state index < -0.39 is 0 Å². The largest absolute Gasteiger partial charge is 0.476 e. The molecule has 1 N–H and O–H groups in total. The minimum absolute atomic E-state index is 0.653. The van der Waals surface area contributed by atoms with Crippen LogP contribution < -0.4 is 10.1 Å². The van der Waals surface area contributed by atoms with Crippen LogP contribution in [0.2, 0.25) is 0 Å². The molecule has 90 valence electrons. The molecule has 0 unspecified atom stereocenters. The van der Waals surface area contributed by atoms with Crippen LogP contribution in [0.5, 0.6) is 5.88 Å². The number of fused-ring (bicyclic) bond motifs is 1. The van der Waals surface area contributed by atoms with Crippen molar-refractivity contribution in [2.45, 2.75) is 13.8 Å². The molecule has 0 aliphatic carbocycles. The first-order valence-electron chi connectivity index (χ1n) is 6.01. The van der Waals surface area contributed by atoms with Gasteiger partial charge in [-0.25, -0.2) is 4.98 Å². The van der Waals surface area contributed by atoms with Crippen molar-refractivity contribution in [3.05, 3.63) is 35.9 Å². The lowest BCUT2D eigenvalue weighted by Crippen LogP contribution is -2.20. The molecule has 0 spiro atoms. The van der Waals surface area contributed by atoms with E-state index in [0.717, 1.165) is 35.4 Å². The van der Waals surface area contributed by atoms with Crippen LogP contribution in [0.25, 0.3) is 10.9 Å². The molecule has 3 nitrogen and oxygen atoms in total. The molecule has 0 saturated carbocycles. The van der Waals surface area contributed by atoms with E-state index in [2.05, 4.69) is 29.4 Å². The number of likely N-dealkylation sites (N-methyl/N-ethyl adjacent to an activating group) is 1. The molecular weight excluding hydrogens is 212 g/mol. The van der Waals surface area contributed by atoms with E-state index in [-0.39, 0.29) is 0 Å². The van der Waals surface area contributed by atoms with Crippen molar-refractivity contribution in [1.29, 1.82) is 0 Å². The summed E-state index contributed by atoms with van der Waals surface area (Å²) in [5.41, 5.74) is 2.07. The Morgan fingerprint density at radius 3 is 2.94 bits per heavy atom. The second kappa shape index (κ2) is 5.64. The van der Waals surface area contributed by atoms with Crippen molar-refractivity contribution in [3.8, 4) is 5.88 Å². The molecule has 1 heterocycles. The number of nitrogens with one attached hydrogen (secondary N) is 1. The van der Waals surface area contributed by atoms with E-state index in [1.165, 1.54) is 0 Å². The van der Waals surface area contributed by atoms with Crippen LogP contribution in [0.15, 0.2) is 30.3 Å². The van der Waals surface area contributed by atoms with Gasteiger partial charge in [0.25, 0.3) is 0 Å². The van der Waals surface area contributed by atoms with Crippen LogP contribution in [-0.4, -0.2) is 24.7 Å². The number of hydrogen-bond acceptors (Lipinski definition) is 3. The van der Waals surface area contributed by atoms with Gasteiger partial charge < -0.3 is 10.1 Å². The summed E-state index contributed by atoms with van der Waals surface area (Å²) in [5.74, 6) is 0.738. The fourth-order valence-electron chi connectivity index (χ4n) is 1.75. The fourth-order valence-corrected chi connectivity index (χ4v) is 1.75. The molecule has 2 rings (SSSR count). The van der Waals surface area contributed by atoms with Gasteiger partial charge in [-0.05, 0) is 25.6 Å². The quantitative estimate of drug-likeness (QED) is 0.801. The zero-order valence-electron chi connectivity index (χ0n) is 10.4. The zero-order valence-corrected chi connectivity index (χ0v) is 10.4. The summed E-state index contributed by atoms with van der Waals surface area (Å²) in [6.07, 6.45) is 0. The van der Waals surface area contributed by atoms with Gasteiger partial charge in [-0.3, -0.25) is 0 Å². The van der Waals surface area contributed by atoms with Crippen molar-refractivity contribution in [1.82, 2.24) is 10.3 Å². The van der Waals surface area contributed by atoms with Crippen LogP contribution >= 0.6 is 0 Å². The molecule has 3 heteroatoms. The smallest absolute Gasteiger partial charge is 0.216 e. The summed E-state index contributed by atoms with van der Waals surface area (Å²) >= 11 is 0. The predicted octanol–water partition coefficient (Wildman–Crippen LogP) is 2.53. The molecule has 1 aromatic carbocycles. The summed E-state index contributed by atoms with van der Waals surface area (Å²) in [4.78, 5) is 4.52.